The Kier molecular flexibility index (Phi) is 6.84. The molecule has 1 aromatic heterocycles. The van der Waals surface area contributed by atoms with Crippen LogP contribution in [0.25, 0.3) is 5.69 Å². The normalized spacial score (nSPS) is 14.8. The highest BCUT2D eigenvalue weighted by molar-refractivity contribution is 5.79. The molecule has 6 nitrogen and oxygen atoms in total. The summed E-state index contributed by atoms with van der Waals surface area (Å²) in [6, 6.07) is 10.4. The molecule has 1 aromatic carbocycles. The third-order valence-electron chi connectivity index (χ3n) is 4.43. The van der Waals surface area contributed by atoms with Gasteiger partial charge in [-0.1, -0.05) is 23.8 Å². The molecule has 2 N–H and O–H groups in total. The van der Waals surface area contributed by atoms with Gasteiger partial charge in [-0.05, 0) is 43.0 Å². The highest BCUT2D eigenvalue weighted by Gasteiger charge is 2.04. The second-order valence-corrected chi connectivity index (χ2v) is 6.23. The van der Waals surface area contributed by atoms with Gasteiger partial charge in [0.05, 0.1) is 18.9 Å². The van der Waals surface area contributed by atoms with Gasteiger partial charge in [-0.3, -0.25) is 4.99 Å². The summed E-state index contributed by atoms with van der Waals surface area (Å²) in [4.78, 5) is 4.29. The van der Waals surface area contributed by atoms with E-state index in [9.17, 15) is 0 Å². The molecule has 3 rings (SSSR count). The van der Waals surface area contributed by atoms with Crippen molar-refractivity contribution in [1.82, 2.24) is 20.4 Å². The SMILES string of the molecule is CN=C(NCCC1=CCOCC1)NCCc1ccc(-n2cccn2)cc1. The van der Waals surface area contributed by atoms with E-state index in [1.807, 2.05) is 24.0 Å². The molecule has 1 aliphatic rings. The van der Waals surface area contributed by atoms with Crippen LogP contribution in [0.2, 0.25) is 0 Å². The topological polar surface area (TPSA) is 63.5 Å². The number of ether oxygens (including phenoxy) is 1. The fourth-order valence-corrected chi connectivity index (χ4v) is 2.92. The van der Waals surface area contributed by atoms with Gasteiger partial charge in [0, 0.05) is 32.5 Å². The molecule has 0 amide bonds. The van der Waals surface area contributed by atoms with Crippen LogP contribution in [0.1, 0.15) is 18.4 Å². The quantitative estimate of drug-likeness (QED) is 0.456. The van der Waals surface area contributed by atoms with Crippen LogP contribution < -0.4 is 10.6 Å². The summed E-state index contributed by atoms with van der Waals surface area (Å²) in [6.45, 7) is 3.33. The van der Waals surface area contributed by atoms with E-state index in [0.29, 0.717) is 0 Å². The van der Waals surface area contributed by atoms with Gasteiger partial charge < -0.3 is 15.4 Å². The lowest BCUT2D eigenvalue weighted by atomic mass is 10.1. The van der Waals surface area contributed by atoms with Crippen LogP contribution in [-0.2, 0) is 11.2 Å². The van der Waals surface area contributed by atoms with Crippen molar-refractivity contribution in [2.75, 3.05) is 33.4 Å². The predicted octanol–water partition coefficient (Wildman–Crippen LogP) is 2.32. The van der Waals surface area contributed by atoms with Crippen LogP contribution in [0.3, 0.4) is 0 Å². The Balaban J connectivity index is 1.38. The van der Waals surface area contributed by atoms with Gasteiger partial charge in [0.15, 0.2) is 5.96 Å². The van der Waals surface area contributed by atoms with E-state index in [2.05, 4.69) is 51.1 Å². The van der Waals surface area contributed by atoms with Gasteiger partial charge in [0.25, 0.3) is 0 Å². The molecule has 0 aliphatic carbocycles. The van der Waals surface area contributed by atoms with Gasteiger partial charge in [0.1, 0.15) is 0 Å². The summed E-state index contributed by atoms with van der Waals surface area (Å²) in [6.07, 6.45) is 8.95. The summed E-state index contributed by atoms with van der Waals surface area (Å²) in [5, 5.41) is 11.0. The molecule has 0 radical (unpaired) electrons. The minimum Gasteiger partial charge on any atom is -0.377 e. The van der Waals surface area contributed by atoms with Crippen LogP contribution in [0, 0.1) is 0 Å². The zero-order chi connectivity index (χ0) is 18.0. The molecule has 0 bridgehead atoms. The largest absolute Gasteiger partial charge is 0.377 e. The standard InChI is InChI=1S/C20H27N5O/c1-21-20(23-13-8-18-9-15-26-16-10-18)22-12-7-17-3-5-19(6-4-17)25-14-2-11-24-25/h2-6,9,11,14H,7-8,10,12-13,15-16H2,1H3,(H2,21,22,23). The van der Waals surface area contributed by atoms with Crippen molar-refractivity contribution in [2.45, 2.75) is 19.3 Å². The predicted molar refractivity (Wildman–Crippen MR) is 105 cm³/mol. The molecule has 0 saturated carbocycles. The third kappa shape index (κ3) is 5.46. The number of aromatic nitrogens is 2. The molecule has 6 heteroatoms. The Morgan fingerprint density at radius 2 is 2.00 bits per heavy atom. The van der Waals surface area contributed by atoms with Crippen molar-refractivity contribution in [3.05, 3.63) is 59.9 Å². The smallest absolute Gasteiger partial charge is 0.190 e. The van der Waals surface area contributed by atoms with Crippen molar-refractivity contribution in [1.29, 1.82) is 0 Å². The minimum absolute atomic E-state index is 0.751. The summed E-state index contributed by atoms with van der Waals surface area (Å²) in [5.74, 6) is 0.853. The first kappa shape index (κ1) is 18.2. The van der Waals surface area contributed by atoms with Crippen LogP contribution in [0.4, 0.5) is 0 Å². The second kappa shape index (κ2) is 9.77. The molecule has 0 atom stereocenters. The lowest BCUT2D eigenvalue weighted by molar-refractivity contribution is 0.153. The molecule has 138 valence electrons. The van der Waals surface area contributed by atoms with E-state index in [1.54, 1.807) is 6.20 Å². The number of hydrogen-bond donors (Lipinski definition) is 2. The van der Waals surface area contributed by atoms with E-state index in [4.69, 9.17) is 4.74 Å². The van der Waals surface area contributed by atoms with Crippen molar-refractivity contribution >= 4 is 5.96 Å². The maximum Gasteiger partial charge on any atom is 0.190 e. The van der Waals surface area contributed by atoms with E-state index in [1.165, 1.54) is 11.1 Å². The molecular formula is C20H27N5O. The van der Waals surface area contributed by atoms with E-state index < -0.39 is 0 Å². The van der Waals surface area contributed by atoms with Crippen LogP contribution >= 0.6 is 0 Å². The molecule has 0 saturated heterocycles. The van der Waals surface area contributed by atoms with Gasteiger partial charge in [0.2, 0.25) is 0 Å². The molecule has 2 aromatic rings. The number of nitrogens with one attached hydrogen (secondary N) is 2. The summed E-state index contributed by atoms with van der Waals surface area (Å²) in [5.41, 5.74) is 3.83. The fourth-order valence-electron chi connectivity index (χ4n) is 2.92. The molecule has 26 heavy (non-hydrogen) atoms. The molecule has 0 spiro atoms. The maximum atomic E-state index is 5.33. The van der Waals surface area contributed by atoms with Gasteiger partial charge in [-0.15, -0.1) is 0 Å². The summed E-state index contributed by atoms with van der Waals surface area (Å²) < 4.78 is 7.20. The molecule has 1 aliphatic heterocycles. The number of nitrogens with zero attached hydrogens (tertiary/aromatic N) is 3. The van der Waals surface area contributed by atoms with Gasteiger partial charge in [-0.2, -0.15) is 5.10 Å². The van der Waals surface area contributed by atoms with Crippen LogP contribution in [0.5, 0.6) is 0 Å². The maximum absolute atomic E-state index is 5.33. The van der Waals surface area contributed by atoms with Crippen molar-refractivity contribution in [2.24, 2.45) is 4.99 Å². The molecule has 0 unspecified atom stereocenters. The van der Waals surface area contributed by atoms with Crippen LogP contribution in [-0.4, -0.2) is 49.1 Å². The second-order valence-electron chi connectivity index (χ2n) is 6.23. The number of benzene rings is 1. The lowest BCUT2D eigenvalue weighted by Crippen LogP contribution is -2.38. The first-order valence-corrected chi connectivity index (χ1v) is 9.14. The zero-order valence-electron chi connectivity index (χ0n) is 15.3. The molecule has 0 fully saturated rings. The Bertz CT molecular complexity index is 719. The first-order chi connectivity index (χ1) is 12.8. The minimum atomic E-state index is 0.751. The highest BCUT2D eigenvalue weighted by atomic mass is 16.5. The monoisotopic (exact) mass is 353 g/mol. The third-order valence-corrected chi connectivity index (χ3v) is 4.43. The average molecular weight is 353 g/mol. The highest BCUT2D eigenvalue weighted by Crippen LogP contribution is 2.11. The van der Waals surface area contributed by atoms with Gasteiger partial charge >= 0.3 is 0 Å². The fraction of sp³-hybridized carbons (Fsp3) is 0.400. The molecular weight excluding hydrogens is 326 g/mol. The van der Waals surface area contributed by atoms with Crippen molar-refractivity contribution in [3.63, 3.8) is 0 Å². The zero-order valence-corrected chi connectivity index (χ0v) is 15.3. The van der Waals surface area contributed by atoms with Crippen molar-refractivity contribution in [3.8, 4) is 5.69 Å². The van der Waals surface area contributed by atoms with Crippen molar-refractivity contribution < 1.29 is 4.74 Å². The summed E-state index contributed by atoms with van der Waals surface area (Å²) >= 11 is 0. The van der Waals surface area contributed by atoms with E-state index in [0.717, 1.165) is 57.2 Å². The Labute approximate surface area is 155 Å². The number of guanidine groups is 1. The summed E-state index contributed by atoms with van der Waals surface area (Å²) in [7, 11) is 1.81. The Morgan fingerprint density at radius 1 is 1.19 bits per heavy atom. The average Bonchev–Trinajstić information content (AvgIpc) is 3.23. The van der Waals surface area contributed by atoms with E-state index in [-0.39, 0.29) is 0 Å². The van der Waals surface area contributed by atoms with Gasteiger partial charge in [-0.25, -0.2) is 4.68 Å². The lowest BCUT2D eigenvalue weighted by Gasteiger charge is -2.15. The Morgan fingerprint density at radius 3 is 2.65 bits per heavy atom. The number of hydrogen-bond acceptors (Lipinski definition) is 3. The Hall–Kier alpha value is -2.60. The number of rotatable bonds is 7. The molecule has 2 heterocycles. The first-order valence-electron chi connectivity index (χ1n) is 9.14. The number of aliphatic imine (C=N–C) groups is 1. The van der Waals surface area contributed by atoms with E-state index >= 15 is 0 Å². The van der Waals surface area contributed by atoms with Crippen LogP contribution in [0.15, 0.2) is 59.4 Å².